The Morgan fingerprint density at radius 1 is 1.43 bits per heavy atom. The first-order valence-electron chi connectivity index (χ1n) is 5.81. The summed E-state index contributed by atoms with van der Waals surface area (Å²) in [5, 5.41) is 0. The van der Waals surface area contributed by atoms with E-state index in [0.29, 0.717) is 6.04 Å². The summed E-state index contributed by atoms with van der Waals surface area (Å²) in [7, 11) is 2.20. The summed E-state index contributed by atoms with van der Waals surface area (Å²) in [6.45, 7) is 9.05. The van der Waals surface area contributed by atoms with E-state index in [2.05, 4.69) is 30.7 Å². The molecular weight excluding hydrogens is 174 g/mol. The Labute approximate surface area is 88.2 Å². The highest BCUT2D eigenvalue weighted by Crippen LogP contribution is 2.14. The highest BCUT2D eigenvalue weighted by molar-refractivity contribution is 4.78. The van der Waals surface area contributed by atoms with Crippen LogP contribution in [0.2, 0.25) is 0 Å². The van der Waals surface area contributed by atoms with Gasteiger partial charge in [-0.15, -0.1) is 0 Å². The number of likely N-dealkylation sites (N-methyl/N-ethyl adjacent to an activating group) is 1. The van der Waals surface area contributed by atoms with E-state index in [0.717, 1.165) is 12.6 Å². The largest absolute Gasteiger partial charge is 0.327 e. The normalized spacial score (nSPS) is 22.9. The van der Waals surface area contributed by atoms with Gasteiger partial charge in [0, 0.05) is 18.6 Å². The molecule has 0 radical (unpaired) electrons. The standard InChI is InChI=1S/C11H25N3/c1-4-14-7-5-11(6-8-14)13(3)9-10(2)12/h10-11H,4-9,12H2,1-3H3. The van der Waals surface area contributed by atoms with Crippen molar-refractivity contribution < 1.29 is 0 Å². The fourth-order valence-corrected chi connectivity index (χ4v) is 2.28. The summed E-state index contributed by atoms with van der Waals surface area (Å²) >= 11 is 0. The first kappa shape index (κ1) is 12.0. The molecule has 14 heavy (non-hydrogen) atoms. The van der Waals surface area contributed by atoms with Gasteiger partial charge in [0.15, 0.2) is 0 Å². The molecule has 1 saturated heterocycles. The van der Waals surface area contributed by atoms with Gasteiger partial charge in [-0.25, -0.2) is 0 Å². The van der Waals surface area contributed by atoms with E-state index in [1.165, 1.54) is 32.5 Å². The van der Waals surface area contributed by atoms with Crippen molar-refractivity contribution in [2.24, 2.45) is 5.73 Å². The molecule has 0 aromatic heterocycles. The molecule has 0 spiro atoms. The minimum Gasteiger partial charge on any atom is -0.327 e. The van der Waals surface area contributed by atoms with Crippen LogP contribution < -0.4 is 5.73 Å². The second-order valence-corrected chi connectivity index (χ2v) is 4.58. The maximum Gasteiger partial charge on any atom is 0.0139 e. The van der Waals surface area contributed by atoms with Gasteiger partial charge in [0.2, 0.25) is 0 Å². The van der Waals surface area contributed by atoms with Gasteiger partial charge in [0.25, 0.3) is 0 Å². The molecule has 2 N–H and O–H groups in total. The molecule has 0 aromatic carbocycles. The van der Waals surface area contributed by atoms with E-state index >= 15 is 0 Å². The third-order valence-electron chi connectivity index (χ3n) is 3.20. The van der Waals surface area contributed by atoms with Gasteiger partial charge in [0.05, 0.1) is 0 Å². The van der Waals surface area contributed by atoms with E-state index in [1.54, 1.807) is 0 Å². The fraction of sp³-hybridized carbons (Fsp3) is 1.00. The fourth-order valence-electron chi connectivity index (χ4n) is 2.28. The number of nitrogens with two attached hydrogens (primary N) is 1. The molecule has 0 aromatic rings. The zero-order chi connectivity index (χ0) is 10.6. The highest BCUT2D eigenvalue weighted by Gasteiger charge is 2.21. The zero-order valence-electron chi connectivity index (χ0n) is 9.87. The van der Waals surface area contributed by atoms with Crippen molar-refractivity contribution >= 4 is 0 Å². The summed E-state index contributed by atoms with van der Waals surface area (Å²) in [6.07, 6.45) is 2.61. The lowest BCUT2D eigenvalue weighted by molar-refractivity contribution is 0.128. The van der Waals surface area contributed by atoms with Crippen molar-refractivity contribution in [1.82, 2.24) is 9.80 Å². The Kier molecular flexibility index (Phi) is 4.85. The highest BCUT2D eigenvalue weighted by atomic mass is 15.2. The predicted molar refractivity (Wildman–Crippen MR) is 61.4 cm³/mol. The lowest BCUT2D eigenvalue weighted by Gasteiger charge is -2.36. The number of nitrogens with zero attached hydrogens (tertiary/aromatic N) is 2. The number of hydrogen-bond donors (Lipinski definition) is 1. The van der Waals surface area contributed by atoms with Gasteiger partial charge in [0.1, 0.15) is 0 Å². The molecule has 1 aliphatic heterocycles. The van der Waals surface area contributed by atoms with Crippen LogP contribution >= 0.6 is 0 Å². The average Bonchev–Trinajstić information content (AvgIpc) is 2.17. The molecule has 0 bridgehead atoms. The number of piperidine rings is 1. The van der Waals surface area contributed by atoms with Crippen molar-refractivity contribution in [1.29, 1.82) is 0 Å². The van der Waals surface area contributed by atoms with Gasteiger partial charge in [-0.2, -0.15) is 0 Å². The molecule has 84 valence electrons. The molecule has 1 rings (SSSR count). The van der Waals surface area contributed by atoms with Gasteiger partial charge in [-0.05, 0) is 46.4 Å². The minimum atomic E-state index is 0.296. The molecule has 0 amide bonds. The van der Waals surface area contributed by atoms with Crippen LogP contribution in [-0.2, 0) is 0 Å². The SMILES string of the molecule is CCN1CCC(N(C)CC(C)N)CC1. The van der Waals surface area contributed by atoms with Crippen LogP contribution in [-0.4, -0.2) is 55.1 Å². The molecule has 1 aliphatic rings. The topological polar surface area (TPSA) is 32.5 Å². The van der Waals surface area contributed by atoms with Crippen molar-refractivity contribution in [2.45, 2.75) is 38.8 Å². The molecule has 3 nitrogen and oxygen atoms in total. The zero-order valence-corrected chi connectivity index (χ0v) is 9.87. The third-order valence-corrected chi connectivity index (χ3v) is 3.20. The average molecular weight is 199 g/mol. The Hall–Kier alpha value is -0.120. The van der Waals surface area contributed by atoms with E-state index in [1.807, 2.05) is 0 Å². The van der Waals surface area contributed by atoms with E-state index in [-0.39, 0.29) is 0 Å². The molecular formula is C11H25N3. The summed E-state index contributed by atoms with van der Waals surface area (Å²) in [6, 6.07) is 1.05. The Balaban J connectivity index is 2.26. The Morgan fingerprint density at radius 2 is 2.00 bits per heavy atom. The molecule has 0 saturated carbocycles. The number of likely N-dealkylation sites (tertiary alicyclic amines) is 1. The van der Waals surface area contributed by atoms with Crippen LogP contribution in [0.5, 0.6) is 0 Å². The van der Waals surface area contributed by atoms with Gasteiger partial charge in [-0.1, -0.05) is 6.92 Å². The summed E-state index contributed by atoms with van der Waals surface area (Å²) in [5.74, 6) is 0. The minimum absolute atomic E-state index is 0.296. The molecule has 3 heteroatoms. The first-order valence-corrected chi connectivity index (χ1v) is 5.81. The van der Waals surface area contributed by atoms with Gasteiger partial charge in [-0.3, -0.25) is 0 Å². The van der Waals surface area contributed by atoms with Crippen molar-refractivity contribution in [3.8, 4) is 0 Å². The second kappa shape index (κ2) is 5.69. The van der Waals surface area contributed by atoms with Crippen molar-refractivity contribution in [3.63, 3.8) is 0 Å². The quantitative estimate of drug-likeness (QED) is 0.725. The van der Waals surface area contributed by atoms with Crippen LogP contribution in [0.25, 0.3) is 0 Å². The first-order chi connectivity index (χ1) is 6.63. The van der Waals surface area contributed by atoms with Crippen LogP contribution in [0.1, 0.15) is 26.7 Å². The molecule has 0 aliphatic carbocycles. The second-order valence-electron chi connectivity index (χ2n) is 4.58. The summed E-state index contributed by atoms with van der Waals surface area (Å²) < 4.78 is 0. The van der Waals surface area contributed by atoms with E-state index in [4.69, 9.17) is 5.73 Å². The van der Waals surface area contributed by atoms with Crippen molar-refractivity contribution in [3.05, 3.63) is 0 Å². The van der Waals surface area contributed by atoms with Gasteiger partial charge < -0.3 is 15.5 Å². The number of hydrogen-bond acceptors (Lipinski definition) is 3. The maximum atomic E-state index is 5.80. The van der Waals surface area contributed by atoms with Crippen molar-refractivity contribution in [2.75, 3.05) is 33.2 Å². The Morgan fingerprint density at radius 3 is 2.43 bits per heavy atom. The lowest BCUT2D eigenvalue weighted by Crippen LogP contribution is -2.46. The van der Waals surface area contributed by atoms with E-state index < -0.39 is 0 Å². The van der Waals surface area contributed by atoms with Gasteiger partial charge >= 0.3 is 0 Å². The third kappa shape index (κ3) is 3.56. The molecule has 1 heterocycles. The van der Waals surface area contributed by atoms with Crippen LogP contribution in [0, 0.1) is 0 Å². The predicted octanol–water partition coefficient (Wildman–Crippen LogP) is 0.750. The Bertz CT molecular complexity index is 151. The van der Waals surface area contributed by atoms with E-state index in [9.17, 15) is 0 Å². The maximum absolute atomic E-state index is 5.80. The molecule has 1 atom stereocenters. The number of rotatable bonds is 4. The van der Waals surface area contributed by atoms with Crippen LogP contribution in [0.3, 0.4) is 0 Å². The summed E-state index contributed by atoms with van der Waals surface area (Å²) in [4.78, 5) is 4.95. The smallest absolute Gasteiger partial charge is 0.0139 e. The van der Waals surface area contributed by atoms with Crippen LogP contribution in [0.15, 0.2) is 0 Å². The molecule has 1 fully saturated rings. The summed E-state index contributed by atoms with van der Waals surface area (Å²) in [5.41, 5.74) is 5.80. The lowest BCUT2D eigenvalue weighted by atomic mass is 10.0. The van der Waals surface area contributed by atoms with Crippen LogP contribution in [0.4, 0.5) is 0 Å². The monoisotopic (exact) mass is 199 g/mol. The molecule has 1 unspecified atom stereocenters.